The van der Waals surface area contributed by atoms with Gasteiger partial charge in [-0.15, -0.1) is 0 Å². The Labute approximate surface area is 118 Å². The summed E-state index contributed by atoms with van der Waals surface area (Å²) in [4.78, 5) is 11.8. The van der Waals surface area contributed by atoms with Gasteiger partial charge < -0.3 is 15.2 Å². The van der Waals surface area contributed by atoms with Crippen LogP contribution in [0.3, 0.4) is 0 Å². The van der Waals surface area contributed by atoms with E-state index in [1.165, 1.54) is 6.08 Å². The summed E-state index contributed by atoms with van der Waals surface area (Å²) in [6, 6.07) is 7.52. The summed E-state index contributed by atoms with van der Waals surface area (Å²) >= 11 is 0. The van der Waals surface area contributed by atoms with E-state index in [0.29, 0.717) is 0 Å². The van der Waals surface area contributed by atoms with Crippen LogP contribution < -0.4 is 10.1 Å². The van der Waals surface area contributed by atoms with Crippen LogP contribution in [0.5, 0.6) is 5.75 Å². The molecular weight excluding hydrogens is 254 g/mol. The molecule has 1 aromatic rings. The van der Waals surface area contributed by atoms with Gasteiger partial charge in [-0.2, -0.15) is 0 Å². The van der Waals surface area contributed by atoms with Crippen LogP contribution in [0.2, 0.25) is 0 Å². The fourth-order valence-corrected chi connectivity index (χ4v) is 2.22. The Balaban J connectivity index is 1.91. The predicted molar refractivity (Wildman–Crippen MR) is 78.3 cm³/mol. The van der Waals surface area contributed by atoms with E-state index in [9.17, 15) is 4.79 Å². The van der Waals surface area contributed by atoms with Crippen molar-refractivity contribution in [1.82, 2.24) is 5.32 Å². The Morgan fingerprint density at radius 1 is 1.45 bits per heavy atom. The molecular formula is C16H19NO3. The number of carbonyl (C=O) groups excluding carboxylic acids is 1. The number of nitrogens with one attached hydrogen (secondary N) is 1. The molecule has 0 bridgehead atoms. The summed E-state index contributed by atoms with van der Waals surface area (Å²) in [5, 5.41) is 11.9. The second-order valence-electron chi connectivity index (χ2n) is 4.75. The molecule has 2 rings (SSSR count). The maximum atomic E-state index is 11.8. The summed E-state index contributed by atoms with van der Waals surface area (Å²) in [7, 11) is 1.60. The van der Waals surface area contributed by atoms with E-state index in [4.69, 9.17) is 9.84 Å². The van der Waals surface area contributed by atoms with Gasteiger partial charge in [-0.3, -0.25) is 4.79 Å². The zero-order chi connectivity index (χ0) is 14.4. The third-order valence-electron chi connectivity index (χ3n) is 3.29. The topological polar surface area (TPSA) is 58.6 Å². The molecule has 20 heavy (non-hydrogen) atoms. The number of rotatable bonds is 5. The Bertz CT molecular complexity index is 522. The average molecular weight is 273 g/mol. The van der Waals surface area contributed by atoms with Crippen molar-refractivity contribution in [3.63, 3.8) is 0 Å². The smallest absolute Gasteiger partial charge is 0.244 e. The lowest BCUT2D eigenvalue weighted by Gasteiger charge is -2.11. The highest BCUT2D eigenvalue weighted by atomic mass is 16.5. The predicted octanol–water partition coefficient (Wildman–Crippen LogP) is 1.76. The minimum atomic E-state index is -0.149. The van der Waals surface area contributed by atoms with Crippen LogP contribution in [0.15, 0.2) is 42.5 Å². The first-order valence-corrected chi connectivity index (χ1v) is 6.63. The Hall–Kier alpha value is -2.07. The van der Waals surface area contributed by atoms with Gasteiger partial charge in [0.2, 0.25) is 5.91 Å². The zero-order valence-corrected chi connectivity index (χ0v) is 11.5. The molecule has 1 aliphatic rings. The molecule has 0 spiro atoms. The van der Waals surface area contributed by atoms with Gasteiger partial charge in [-0.05, 0) is 18.6 Å². The third-order valence-corrected chi connectivity index (χ3v) is 3.29. The molecule has 0 radical (unpaired) electrons. The molecule has 106 valence electrons. The van der Waals surface area contributed by atoms with Crippen molar-refractivity contribution in [1.29, 1.82) is 0 Å². The van der Waals surface area contributed by atoms with Crippen molar-refractivity contribution in [2.24, 2.45) is 5.92 Å². The first-order valence-electron chi connectivity index (χ1n) is 6.63. The van der Waals surface area contributed by atoms with Gasteiger partial charge in [0.1, 0.15) is 5.75 Å². The van der Waals surface area contributed by atoms with Gasteiger partial charge >= 0.3 is 0 Å². The molecule has 0 aromatic heterocycles. The van der Waals surface area contributed by atoms with Crippen molar-refractivity contribution in [3.05, 3.63) is 48.1 Å². The number of para-hydroxylation sites is 1. The standard InChI is InChI=1S/C16H19NO3/c1-20-15-5-3-2-4-13(15)7-9-16(19)17-14-8-6-12(10-14)11-18/h2-9,12,14,18H,10-11H2,1H3,(H,17,19)/b9-7+/t12-,14+/m0/s1. The number of aliphatic hydroxyl groups is 1. The maximum Gasteiger partial charge on any atom is 0.244 e. The number of amides is 1. The van der Waals surface area contributed by atoms with E-state index in [1.54, 1.807) is 13.2 Å². The SMILES string of the molecule is COc1ccccc1/C=C/C(=O)N[C@@H]1C=C[C@H](CO)C1. The van der Waals surface area contributed by atoms with Gasteiger partial charge in [0.05, 0.1) is 7.11 Å². The van der Waals surface area contributed by atoms with Gasteiger partial charge in [-0.25, -0.2) is 0 Å². The van der Waals surface area contributed by atoms with Gasteiger partial charge in [0.25, 0.3) is 0 Å². The van der Waals surface area contributed by atoms with Crippen LogP contribution in [-0.2, 0) is 4.79 Å². The number of aliphatic hydroxyl groups excluding tert-OH is 1. The molecule has 0 saturated carbocycles. The highest BCUT2D eigenvalue weighted by Crippen LogP contribution is 2.19. The number of ether oxygens (including phenoxy) is 1. The number of benzene rings is 1. The molecule has 0 heterocycles. The van der Waals surface area contributed by atoms with E-state index in [2.05, 4.69) is 5.32 Å². The quantitative estimate of drug-likeness (QED) is 0.635. The van der Waals surface area contributed by atoms with Gasteiger partial charge in [-0.1, -0.05) is 30.4 Å². The van der Waals surface area contributed by atoms with Crippen LogP contribution in [-0.4, -0.2) is 30.8 Å². The van der Waals surface area contributed by atoms with Crippen LogP contribution in [0.1, 0.15) is 12.0 Å². The fraction of sp³-hybridized carbons (Fsp3) is 0.312. The molecule has 1 aromatic carbocycles. The molecule has 1 amide bonds. The molecule has 4 heteroatoms. The van der Waals surface area contributed by atoms with Crippen molar-refractivity contribution < 1.29 is 14.6 Å². The summed E-state index contributed by atoms with van der Waals surface area (Å²) in [6.45, 7) is 0.125. The minimum absolute atomic E-state index is 0.00182. The molecule has 0 unspecified atom stereocenters. The van der Waals surface area contributed by atoms with Gasteiger partial charge in [0, 0.05) is 30.2 Å². The highest BCUT2D eigenvalue weighted by molar-refractivity contribution is 5.92. The van der Waals surface area contributed by atoms with Crippen LogP contribution in [0.25, 0.3) is 6.08 Å². The Morgan fingerprint density at radius 2 is 2.25 bits per heavy atom. The second kappa shape index (κ2) is 6.91. The normalized spacial score (nSPS) is 21.3. The first kappa shape index (κ1) is 14.3. The number of carbonyl (C=O) groups is 1. The summed E-state index contributed by atoms with van der Waals surface area (Å²) < 4.78 is 5.22. The van der Waals surface area contributed by atoms with Gasteiger partial charge in [0.15, 0.2) is 0 Å². The van der Waals surface area contributed by atoms with E-state index in [0.717, 1.165) is 17.7 Å². The van der Waals surface area contributed by atoms with Crippen LogP contribution >= 0.6 is 0 Å². The summed E-state index contributed by atoms with van der Waals surface area (Å²) in [6.07, 6.45) is 7.85. The van der Waals surface area contributed by atoms with Crippen molar-refractivity contribution in [2.75, 3.05) is 13.7 Å². The average Bonchev–Trinajstić information content (AvgIpc) is 2.93. The maximum absolute atomic E-state index is 11.8. The largest absolute Gasteiger partial charge is 0.496 e. The first-order chi connectivity index (χ1) is 9.72. The molecule has 0 saturated heterocycles. The van der Waals surface area contributed by atoms with E-state index in [1.807, 2.05) is 36.4 Å². The Morgan fingerprint density at radius 3 is 2.95 bits per heavy atom. The van der Waals surface area contributed by atoms with E-state index < -0.39 is 0 Å². The van der Waals surface area contributed by atoms with Crippen molar-refractivity contribution in [2.45, 2.75) is 12.5 Å². The Kier molecular flexibility index (Phi) is 4.96. The number of methoxy groups -OCH3 is 1. The van der Waals surface area contributed by atoms with E-state index in [-0.39, 0.29) is 24.5 Å². The molecule has 2 N–H and O–H groups in total. The molecule has 0 aliphatic heterocycles. The van der Waals surface area contributed by atoms with E-state index >= 15 is 0 Å². The summed E-state index contributed by atoms with van der Waals surface area (Å²) in [5.41, 5.74) is 0.861. The fourth-order valence-electron chi connectivity index (χ4n) is 2.22. The molecule has 1 aliphatic carbocycles. The number of hydrogen-bond donors (Lipinski definition) is 2. The molecule has 2 atom stereocenters. The second-order valence-corrected chi connectivity index (χ2v) is 4.75. The monoisotopic (exact) mass is 273 g/mol. The molecule has 4 nitrogen and oxygen atoms in total. The lowest BCUT2D eigenvalue weighted by Crippen LogP contribution is -2.31. The lowest BCUT2D eigenvalue weighted by molar-refractivity contribution is -0.116. The third kappa shape index (κ3) is 3.71. The zero-order valence-electron chi connectivity index (χ0n) is 11.5. The number of hydrogen-bond acceptors (Lipinski definition) is 3. The lowest BCUT2D eigenvalue weighted by atomic mass is 10.1. The van der Waals surface area contributed by atoms with Crippen molar-refractivity contribution >= 4 is 12.0 Å². The summed E-state index contributed by atoms with van der Waals surface area (Å²) in [5.74, 6) is 0.736. The minimum Gasteiger partial charge on any atom is -0.496 e. The van der Waals surface area contributed by atoms with Crippen molar-refractivity contribution in [3.8, 4) is 5.75 Å². The van der Waals surface area contributed by atoms with Crippen LogP contribution in [0.4, 0.5) is 0 Å². The highest BCUT2D eigenvalue weighted by Gasteiger charge is 2.18. The molecule has 0 fully saturated rings. The van der Waals surface area contributed by atoms with Crippen LogP contribution in [0, 0.1) is 5.92 Å².